The molecule has 1 amide bonds. The number of aryl methyl sites for hydroxylation is 1. The van der Waals surface area contributed by atoms with Gasteiger partial charge >= 0.3 is 0 Å². The summed E-state index contributed by atoms with van der Waals surface area (Å²) < 4.78 is 0. The molecule has 0 aliphatic carbocycles. The lowest BCUT2D eigenvalue weighted by Gasteiger charge is -2.25. The number of hydrogen-bond acceptors (Lipinski definition) is 5. The summed E-state index contributed by atoms with van der Waals surface area (Å²) in [6, 6.07) is 13.3. The molecule has 0 spiro atoms. The average molecular weight is 415 g/mol. The Hall–Kier alpha value is -2.67. The molecule has 0 saturated carbocycles. The van der Waals surface area contributed by atoms with Crippen molar-refractivity contribution in [1.82, 2.24) is 10.2 Å². The van der Waals surface area contributed by atoms with Gasteiger partial charge in [-0.05, 0) is 36.8 Å². The van der Waals surface area contributed by atoms with Crippen LogP contribution in [0.15, 0.2) is 54.1 Å². The van der Waals surface area contributed by atoms with Gasteiger partial charge in [-0.3, -0.25) is 9.59 Å². The molecule has 6 nitrogen and oxygen atoms in total. The normalized spacial score (nSPS) is 18.4. The molecule has 1 saturated heterocycles. The summed E-state index contributed by atoms with van der Waals surface area (Å²) >= 11 is 5.92. The quantitative estimate of drug-likeness (QED) is 0.280. The Kier molecular flexibility index (Phi) is 6.69. The van der Waals surface area contributed by atoms with Crippen LogP contribution in [0.2, 0.25) is 5.02 Å². The van der Waals surface area contributed by atoms with E-state index in [4.69, 9.17) is 16.7 Å². The molecule has 1 heterocycles. The van der Waals surface area contributed by atoms with Crippen molar-refractivity contribution in [2.24, 2.45) is 0 Å². The van der Waals surface area contributed by atoms with E-state index in [0.29, 0.717) is 23.7 Å². The number of aliphatic hydroxyl groups excluding tert-OH is 2. The minimum Gasteiger partial charge on any atom is -0.507 e. The van der Waals surface area contributed by atoms with Crippen molar-refractivity contribution in [3.05, 3.63) is 75.8 Å². The van der Waals surface area contributed by atoms with Gasteiger partial charge in [-0.15, -0.1) is 0 Å². The maximum Gasteiger partial charge on any atom is 0.295 e. The molecular formula is C22H23ClN2O4. The minimum atomic E-state index is -0.717. The summed E-state index contributed by atoms with van der Waals surface area (Å²) in [7, 11) is 0. The molecular weight excluding hydrogens is 392 g/mol. The smallest absolute Gasteiger partial charge is 0.295 e. The molecule has 0 unspecified atom stereocenters. The first kappa shape index (κ1) is 21.0. The largest absolute Gasteiger partial charge is 0.507 e. The second-order valence-electron chi connectivity index (χ2n) is 6.88. The van der Waals surface area contributed by atoms with Crippen molar-refractivity contribution < 1.29 is 19.8 Å². The van der Waals surface area contributed by atoms with E-state index in [1.807, 2.05) is 31.2 Å². The van der Waals surface area contributed by atoms with Crippen molar-refractivity contribution in [2.45, 2.75) is 13.0 Å². The number of benzene rings is 2. The number of Topliss-reactive ketones (excluding diaryl/α,β-unsaturated/α-hetero) is 1. The number of nitrogens with zero attached hydrogens (tertiary/aromatic N) is 1. The van der Waals surface area contributed by atoms with E-state index in [-0.39, 0.29) is 24.5 Å². The van der Waals surface area contributed by atoms with Crippen LogP contribution in [0, 0.1) is 6.92 Å². The number of carbonyl (C=O) groups is 2. The summed E-state index contributed by atoms with van der Waals surface area (Å²) in [5.74, 6) is -1.60. The maximum absolute atomic E-state index is 12.8. The highest BCUT2D eigenvalue weighted by Gasteiger charge is 2.45. The first-order chi connectivity index (χ1) is 13.9. The van der Waals surface area contributed by atoms with Crippen molar-refractivity contribution >= 4 is 29.1 Å². The number of aliphatic hydroxyl groups is 2. The van der Waals surface area contributed by atoms with E-state index in [2.05, 4.69) is 5.32 Å². The first-order valence-electron chi connectivity index (χ1n) is 9.36. The van der Waals surface area contributed by atoms with Crippen LogP contribution in [0.5, 0.6) is 0 Å². The average Bonchev–Trinajstić information content (AvgIpc) is 2.96. The fourth-order valence-electron chi connectivity index (χ4n) is 3.37. The third-order valence-electron chi connectivity index (χ3n) is 4.87. The van der Waals surface area contributed by atoms with Crippen LogP contribution in [-0.2, 0) is 9.59 Å². The number of likely N-dealkylation sites (tertiary alicyclic amines) is 1. The van der Waals surface area contributed by atoms with Crippen LogP contribution in [0.3, 0.4) is 0 Å². The molecule has 1 aliphatic heterocycles. The molecule has 1 aliphatic rings. The van der Waals surface area contributed by atoms with Gasteiger partial charge in [0.2, 0.25) is 0 Å². The second kappa shape index (κ2) is 9.22. The van der Waals surface area contributed by atoms with Crippen molar-refractivity contribution in [2.75, 3.05) is 26.2 Å². The van der Waals surface area contributed by atoms with Gasteiger partial charge in [-0.1, -0.05) is 41.4 Å². The highest BCUT2D eigenvalue weighted by Crippen LogP contribution is 2.39. The van der Waals surface area contributed by atoms with Gasteiger partial charge in [0.25, 0.3) is 11.7 Å². The van der Waals surface area contributed by atoms with Crippen LogP contribution >= 0.6 is 11.6 Å². The highest BCUT2D eigenvalue weighted by atomic mass is 35.5. The number of ketones is 1. The number of carbonyl (C=O) groups excluding carboxylic acids is 2. The molecule has 29 heavy (non-hydrogen) atoms. The molecule has 0 bridgehead atoms. The Bertz CT molecular complexity index is 923. The summed E-state index contributed by atoms with van der Waals surface area (Å²) in [4.78, 5) is 27.1. The zero-order chi connectivity index (χ0) is 21.0. The number of halogens is 1. The van der Waals surface area contributed by atoms with Gasteiger partial charge in [0.15, 0.2) is 0 Å². The fraction of sp³-hybridized carbons (Fsp3) is 0.273. The molecule has 0 radical (unpaired) electrons. The van der Waals surface area contributed by atoms with Crippen LogP contribution in [-0.4, -0.2) is 53.0 Å². The Morgan fingerprint density at radius 2 is 1.72 bits per heavy atom. The van der Waals surface area contributed by atoms with E-state index in [0.717, 1.165) is 11.1 Å². The molecule has 7 heteroatoms. The number of amides is 1. The zero-order valence-corrected chi connectivity index (χ0v) is 16.8. The number of hydrogen-bond donors (Lipinski definition) is 3. The molecule has 2 aromatic rings. The van der Waals surface area contributed by atoms with Crippen molar-refractivity contribution in [3.63, 3.8) is 0 Å². The van der Waals surface area contributed by atoms with Gasteiger partial charge in [0.1, 0.15) is 5.76 Å². The molecule has 3 rings (SSSR count). The molecule has 2 aromatic carbocycles. The standard InChI is InChI=1S/C22H23ClN2O4/c1-14-2-4-15(5-3-14)19-18(20(27)16-6-8-17(23)9-7-16)21(28)22(29)25(19)12-10-24-11-13-26/h2-9,19,24,26-27H,10-13H2,1H3/t19-/m1/s1. The Morgan fingerprint density at radius 3 is 2.34 bits per heavy atom. The number of nitrogens with one attached hydrogen (secondary N) is 1. The van der Waals surface area contributed by atoms with Crippen molar-refractivity contribution in [3.8, 4) is 0 Å². The van der Waals surface area contributed by atoms with Gasteiger partial charge in [-0.25, -0.2) is 0 Å². The van der Waals surface area contributed by atoms with Crippen LogP contribution in [0.1, 0.15) is 22.7 Å². The molecule has 1 atom stereocenters. The van der Waals surface area contributed by atoms with Crippen LogP contribution in [0.25, 0.3) is 5.76 Å². The van der Waals surface area contributed by atoms with E-state index < -0.39 is 17.7 Å². The van der Waals surface area contributed by atoms with Gasteiger partial charge in [0, 0.05) is 30.2 Å². The van der Waals surface area contributed by atoms with E-state index in [1.165, 1.54) is 4.90 Å². The Balaban J connectivity index is 2.05. The summed E-state index contributed by atoms with van der Waals surface area (Å²) in [5.41, 5.74) is 2.27. The van der Waals surface area contributed by atoms with Crippen LogP contribution < -0.4 is 5.32 Å². The highest BCUT2D eigenvalue weighted by molar-refractivity contribution is 6.46. The van der Waals surface area contributed by atoms with E-state index in [1.54, 1.807) is 24.3 Å². The Labute approximate surface area is 174 Å². The fourth-order valence-corrected chi connectivity index (χ4v) is 3.50. The maximum atomic E-state index is 12.8. The SMILES string of the molecule is Cc1ccc([C@@H]2C(=C(O)c3ccc(Cl)cc3)C(=O)C(=O)N2CCNCCO)cc1. The third-order valence-corrected chi connectivity index (χ3v) is 5.12. The van der Waals surface area contributed by atoms with Gasteiger partial charge in [-0.2, -0.15) is 0 Å². The van der Waals surface area contributed by atoms with Crippen molar-refractivity contribution in [1.29, 1.82) is 0 Å². The molecule has 3 N–H and O–H groups in total. The zero-order valence-electron chi connectivity index (χ0n) is 16.1. The first-order valence-corrected chi connectivity index (χ1v) is 9.74. The predicted molar refractivity (Wildman–Crippen MR) is 112 cm³/mol. The third kappa shape index (κ3) is 4.50. The topological polar surface area (TPSA) is 89.9 Å². The summed E-state index contributed by atoms with van der Waals surface area (Å²) in [6.07, 6.45) is 0. The van der Waals surface area contributed by atoms with E-state index in [9.17, 15) is 14.7 Å². The monoisotopic (exact) mass is 414 g/mol. The lowest BCUT2D eigenvalue weighted by molar-refractivity contribution is -0.139. The summed E-state index contributed by atoms with van der Waals surface area (Å²) in [5, 5.41) is 23.3. The lowest BCUT2D eigenvalue weighted by Crippen LogP contribution is -2.36. The lowest BCUT2D eigenvalue weighted by atomic mass is 9.95. The second-order valence-corrected chi connectivity index (χ2v) is 7.32. The van der Waals surface area contributed by atoms with Crippen LogP contribution in [0.4, 0.5) is 0 Å². The van der Waals surface area contributed by atoms with E-state index >= 15 is 0 Å². The predicted octanol–water partition coefficient (Wildman–Crippen LogP) is 2.65. The minimum absolute atomic E-state index is 0.0171. The van der Waals surface area contributed by atoms with Gasteiger partial charge in [0.05, 0.1) is 18.2 Å². The van der Waals surface area contributed by atoms with Gasteiger partial charge < -0.3 is 20.4 Å². The summed E-state index contributed by atoms with van der Waals surface area (Å²) in [6.45, 7) is 3.01. The molecule has 1 fully saturated rings. The molecule has 152 valence electrons. The molecule has 0 aromatic heterocycles. The number of rotatable bonds is 7. The Morgan fingerprint density at radius 1 is 1.07 bits per heavy atom.